The molecule has 0 radical (unpaired) electrons. The van der Waals surface area contributed by atoms with E-state index in [2.05, 4.69) is 0 Å². The molecule has 0 rings (SSSR count). The number of hydrogen-bond acceptors (Lipinski definition) is 2. The molecule has 1 N–H and O–H groups in total. The van der Waals surface area contributed by atoms with Crippen LogP contribution in [0.25, 0.3) is 0 Å². The second-order valence-electron chi connectivity index (χ2n) is 4.55. The van der Waals surface area contributed by atoms with Crippen molar-refractivity contribution in [2.24, 2.45) is 11.3 Å². The van der Waals surface area contributed by atoms with Gasteiger partial charge in [-0.2, -0.15) is 0 Å². The Hall–Kier alpha value is -0.570. The van der Waals surface area contributed by atoms with Crippen LogP contribution in [0.4, 0.5) is 0 Å². The highest BCUT2D eigenvalue weighted by molar-refractivity contribution is 5.74. The monoisotopic (exact) mass is 202 g/mol. The average Bonchev–Trinajstić information content (AvgIpc) is 2.02. The van der Waals surface area contributed by atoms with Crippen LogP contribution in [0.3, 0.4) is 0 Å². The Morgan fingerprint density at radius 1 is 1.36 bits per heavy atom. The lowest BCUT2D eigenvalue weighted by molar-refractivity contribution is -0.152. The molecule has 0 fully saturated rings. The Labute approximate surface area is 86.5 Å². The highest BCUT2D eigenvalue weighted by Gasteiger charge is 2.36. The molecule has 0 saturated heterocycles. The molecular formula is C11H22O3. The summed E-state index contributed by atoms with van der Waals surface area (Å²) >= 11 is 0. The van der Waals surface area contributed by atoms with Crippen molar-refractivity contribution < 1.29 is 14.6 Å². The van der Waals surface area contributed by atoms with E-state index >= 15 is 0 Å². The van der Waals surface area contributed by atoms with Gasteiger partial charge < -0.3 is 9.84 Å². The molecule has 0 amide bonds. The first-order valence-corrected chi connectivity index (χ1v) is 5.15. The van der Waals surface area contributed by atoms with Crippen LogP contribution in [-0.4, -0.2) is 23.8 Å². The summed E-state index contributed by atoms with van der Waals surface area (Å²) in [6, 6.07) is 0. The van der Waals surface area contributed by atoms with E-state index in [0.717, 1.165) is 0 Å². The zero-order valence-corrected chi connectivity index (χ0v) is 9.83. The van der Waals surface area contributed by atoms with Crippen molar-refractivity contribution in [3.05, 3.63) is 0 Å². The second kappa shape index (κ2) is 5.35. The third-order valence-electron chi connectivity index (χ3n) is 2.84. The van der Waals surface area contributed by atoms with Crippen LogP contribution >= 0.6 is 0 Å². The fourth-order valence-electron chi connectivity index (χ4n) is 1.15. The minimum Gasteiger partial charge on any atom is -0.481 e. The molecule has 0 aromatic heterocycles. The molecule has 1 atom stereocenters. The third kappa shape index (κ3) is 3.66. The summed E-state index contributed by atoms with van der Waals surface area (Å²) in [4.78, 5) is 11.1. The van der Waals surface area contributed by atoms with Crippen molar-refractivity contribution in [2.45, 2.75) is 47.1 Å². The second-order valence-corrected chi connectivity index (χ2v) is 4.55. The van der Waals surface area contributed by atoms with Crippen molar-refractivity contribution in [3.63, 3.8) is 0 Å². The molecule has 0 aliphatic rings. The van der Waals surface area contributed by atoms with Gasteiger partial charge in [-0.25, -0.2) is 0 Å². The minimum atomic E-state index is -0.736. The van der Waals surface area contributed by atoms with E-state index in [1.807, 2.05) is 27.7 Å². The van der Waals surface area contributed by atoms with Crippen molar-refractivity contribution >= 4 is 5.97 Å². The van der Waals surface area contributed by atoms with Gasteiger partial charge in [-0.3, -0.25) is 4.79 Å². The van der Waals surface area contributed by atoms with Crippen LogP contribution in [0, 0.1) is 11.3 Å². The van der Waals surface area contributed by atoms with Gasteiger partial charge in [0, 0.05) is 6.61 Å². The van der Waals surface area contributed by atoms with Crippen LogP contribution in [0.5, 0.6) is 0 Å². The van der Waals surface area contributed by atoms with Gasteiger partial charge in [0.15, 0.2) is 0 Å². The molecule has 0 bridgehead atoms. The normalized spacial score (nSPS) is 15.9. The Morgan fingerprint density at radius 2 is 1.86 bits per heavy atom. The van der Waals surface area contributed by atoms with Gasteiger partial charge in [0.1, 0.15) is 0 Å². The van der Waals surface area contributed by atoms with E-state index in [4.69, 9.17) is 9.84 Å². The number of hydrogen-bond donors (Lipinski definition) is 1. The summed E-state index contributed by atoms with van der Waals surface area (Å²) in [5.74, 6) is -0.615. The molecule has 0 aromatic rings. The summed E-state index contributed by atoms with van der Waals surface area (Å²) in [5, 5.41) is 9.11. The van der Waals surface area contributed by atoms with E-state index in [0.29, 0.717) is 13.0 Å². The SMILES string of the molecule is CC(C)OCCC(C)(C(=O)O)C(C)C. The van der Waals surface area contributed by atoms with E-state index in [-0.39, 0.29) is 12.0 Å². The Balaban J connectivity index is 4.18. The smallest absolute Gasteiger partial charge is 0.309 e. The number of carboxylic acids is 1. The highest BCUT2D eigenvalue weighted by atomic mass is 16.5. The number of carbonyl (C=O) groups is 1. The van der Waals surface area contributed by atoms with E-state index in [1.165, 1.54) is 0 Å². The minimum absolute atomic E-state index is 0.121. The Kier molecular flexibility index (Phi) is 5.13. The molecule has 0 aromatic carbocycles. The lowest BCUT2D eigenvalue weighted by atomic mass is 9.77. The molecule has 3 heteroatoms. The number of carboxylic acid groups (broad SMARTS) is 1. The largest absolute Gasteiger partial charge is 0.481 e. The lowest BCUT2D eigenvalue weighted by Crippen LogP contribution is -2.34. The van der Waals surface area contributed by atoms with Crippen molar-refractivity contribution in [1.29, 1.82) is 0 Å². The van der Waals surface area contributed by atoms with Crippen LogP contribution in [-0.2, 0) is 9.53 Å². The predicted molar refractivity (Wildman–Crippen MR) is 56.3 cm³/mol. The van der Waals surface area contributed by atoms with Crippen LogP contribution in [0.1, 0.15) is 41.0 Å². The average molecular weight is 202 g/mol. The maximum atomic E-state index is 11.1. The zero-order valence-electron chi connectivity index (χ0n) is 9.83. The fraction of sp³-hybridized carbons (Fsp3) is 0.909. The first kappa shape index (κ1) is 13.4. The molecule has 0 aliphatic heterocycles. The van der Waals surface area contributed by atoms with Gasteiger partial charge in [-0.05, 0) is 33.1 Å². The van der Waals surface area contributed by atoms with E-state index in [9.17, 15) is 4.79 Å². The number of ether oxygens (including phenoxy) is 1. The lowest BCUT2D eigenvalue weighted by Gasteiger charge is -2.29. The van der Waals surface area contributed by atoms with Crippen molar-refractivity contribution in [2.75, 3.05) is 6.61 Å². The first-order chi connectivity index (χ1) is 6.30. The predicted octanol–water partition coefficient (Wildman–Crippen LogP) is 2.55. The van der Waals surface area contributed by atoms with Gasteiger partial charge in [-0.1, -0.05) is 13.8 Å². The maximum absolute atomic E-state index is 11.1. The van der Waals surface area contributed by atoms with Crippen LogP contribution in [0.2, 0.25) is 0 Å². The maximum Gasteiger partial charge on any atom is 0.309 e. The van der Waals surface area contributed by atoms with Crippen molar-refractivity contribution in [3.8, 4) is 0 Å². The van der Waals surface area contributed by atoms with Gasteiger partial charge in [0.2, 0.25) is 0 Å². The van der Waals surface area contributed by atoms with Gasteiger partial charge >= 0.3 is 5.97 Å². The number of aliphatic carboxylic acids is 1. The van der Waals surface area contributed by atoms with Crippen LogP contribution < -0.4 is 0 Å². The fourth-order valence-corrected chi connectivity index (χ4v) is 1.15. The summed E-state index contributed by atoms with van der Waals surface area (Å²) in [6.07, 6.45) is 0.734. The molecular weight excluding hydrogens is 180 g/mol. The molecule has 84 valence electrons. The Morgan fingerprint density at radius 3 is 2.14 bits per heavy atom. The molecule has 14 heavy (non-hydrogen) atoms. The van der Waals surface area contributed by atoms with Gasteiger partial charge in [0.05, 0.1) is 11.5 Å². The van der Waals surface area contributed by atoms with E-state index < -0.39 is 11.4 Å². The summed E-state index contributed by atoms with van der Waals surface area (Å²) in [7, 11) is 0. The zero-order chi connectivity index (χ0) is 11.4. The Bertz CT molecular complexity index is 187. The topological polar surface area (TPSA) is 46.5 Å². The summed E-state index contributed by atoms with van der Waals surface area (Å²) < 4.78 is 5.37. The number of rotatable bonds is 6. The van der Waals surface area contributed by atoms with Crippen LogP contribution in [0.15, 0.2) is 0 Å². The van der Waals surface area contributed by atoms with Gasteiger partial charge in [0.25, 0.3) is 0 Å². The third-order valence-corrected chi connectivity index (χ3v) is 2.84. The molecule has 1 unspecified atom stereocenters. The molecule has 0 heterocycles. The van der Waals surface area contributed by atoms with E-state index in [1.54, 1.807) is 6.92 Å². The quantitative estimate of drug-likeness (QED) is 0.720. The van der Waals surface area contributed by atoms with Gasteiger partial charge in [-0.15, -0.1) is 0 Å². The standard InChI is InChI=1S/C11H22O3/c1-8(2)11(5,10(12)13)6-7-14-9(3)4/h8-9H,6-7H2,1-5H3,(H,12,13). The molecule has 0 saturated carbocycles. The summed E-state index contributed by atoms with van der Waals surface area (Å²) in [5.41, 5.74) is -0.672. The molecule has 3 nitrogen and oxygen atoms in total. The highest BCUT2D eigenvalue weighted by Crippen LogP contribution is 2.31. The molecule has 0 spiro atoms. The summed E-state index contributed by atoms with van der Waals surface area (Å²) in [6.45, 7) is 10.1. The van der Waals surface area contributed by atoms with Crippen molar-refractivity contribution in [1.82, 2.24) is 0 Å². The first-order valence-electron chi connectivity index (χ1n) is 5.15. The molecule has 0 aliphatic carbocycles.